The molecule has 1 aromatic rings. The number of benzene rings is 1. The van der Waals surface area contributed by atoms with Gasteiger partial charge in [0.1, 0.15) is 0 Å². The summed E-state index contributed by atoms with van der Waals surface area (Å²) in [5.41, 5.74) is 2.70. The highest BCUT2D eigenvalue weighted by atomic mass is 16.2. The molecule has 2 nitrogen and oxygen atoms in total. The van der Waals surface area contributed by atoms with Gasteiger partial charge < -0.3 is 10.0 Å². The average Bonchev–Trinajstić information content (AvgIpc) is 2.30. The molecule has 0 aromatic heterocycles. The van der Waals surface area contributed by atoms with Gasteiger partial charge in [0.15, 0.2) is 0 Å². The minimum absolute atomic E-state index is 0.244. The van der Waals surface area contributed by atoms with Gasteiger partial charge in [0.2, 0.25) is 0 Å². The second-order valence-corrected chi connectivity index (χ2v) is 4.82. The van der Waals surface area contributed by atoms with Crippen LogP contribution in [-0.2, 0) is 6.42 Å². The molecule has 1 saturated heterocycles. The van der Waals surface area contributed by atoms with Crippen molar-refractivity contribution in [3.8, 4) is 0 Å². The quantitative estimate of drug-likeness (QED) is 0.841. The Bertz CT molecular complexity index is 337. The lowest BCUT2D eigenvalue weighted by Crippen LogP contribution is -2.30. The van der Waals surface area contributed by atoms with E-state index in [4.69, 9.17) is 5.11 Å². The molecule has 1 aromatic carbocycles. The fraction of sp³-hybridized carbons (Fsp3) is 0.571. The standard InChI is InChI=1S/C14H21NO/c1-15-8-3-6-14(11-15)13-5-2-4-12(10-13)7-9-16/h2,4-5,10,14,16H,3,6-9,11H2,1H3. The first-order chi connectivity index (χ1) is 7.79. The van der Waals surface area contributed by atoms with Crippen LogP contribution in [-0.4, -0.2) is 36.8 Å². The van der Waals surface area contributed by atoms with E-state index >= 15 is 0 Å². The number of likely N-dealkylation sites (N-methyl/N-ethyl adjacent to an activating group) is 1. The smallest absolute Gasteiger partial charge is 0.0471 e. The van der Waals surface area contributed by atoms with Crippen molar-refractivity contribution >= 4 is 0 Å². The molecule has 1 N–H and O–H groups in total. The molecule has 1 unspecified atom stereocenters. The van der Waals surface area contributed by atoms with Crippen molar-refractivity contribution in [2.45, 2.75) is 25.2 Å². The summed E-state index contributed by atoms with van der Waals surface area (Å²) in [5, 5.41) is 8.95. The Morgan fingerprint density at radius 3 is 3.06 bits per heavy atom. The van der Waals surface area contributed by atoms with E-state index in [1.807, 2.05) is 0 Å². The van der Waals surface area contributed by atoms with Crippen LogP contribution >= 0.6 is 0 Å². The van der Waals surface area contributed by atoms with Gasteiger partial charge in [-0.1, -0.05) is 24.3 Å². The molecule has 0 aliphatic carbocycles. The maximum Gasteiger partial charge on any atom is 0.0471 e. The average molecular weight is 219 g/mol. The summed E-state index contributed by atoms with van der Waals surface area (Å²) in [6, 6.07) is 8.71. The summed E-state index contributed by atoms with van der Waals surface area (Å²) in [4.78, 5) is 2.41. The van der Waals surface area contributed by atoms with Crippen molar-refractivity contribution in [3.05, 3.63) is 35.4 Å². The molecule has 1 heterocycles. The molecule has 1 aliphatic rings. The number of rotatable bonds is 3. The SMILES string of the molecule is CN1CCCC(c2cccc(CCO)c2)C1. The molecule has 1 atom stereocenters. The van der Waals surface area contributed by atoms with Crippen molar-refractivity contribution in [2.75, 3.05) is 26.7 Å². The van der Waals surface area contributed by atoms with E-state index in [2.05, 4.69) is 36.2 Å². The highest BCUT2D eigenvalue weighted by Gasteiger charge is 2.18. The largest absolute Gasteiger partial charge is 0.396 e. The molecule has 2 rings (SSSR count). The molecule has 1 fully saturated rings. The first-order valence-corrected chi connectivity index (χ1v) is 6.18. The number of likely N-dealkylation sites (tertiary alicyclic amines) is 1. The Morgan fingerprint density at radius 1 is 1.44 bits per heavy atom. The summed E-state index contributed by atoms with van der Waals surface area (Å²) in [5.74, 6) is 0.678. The van der Waals surface area contributed by atoms with Gasteiger partial charge in [-0.3, -0.25) is 0 Å². The molecule has 1 aliphatic heterocycles. The Balaban J connectivity index is 2.09. The summed E-state index contributed by atoms with van der Waals surface area (Å²) in [6.45, 7) is 2.64. The van der Waals surface area contributed by atoms with Gasteiger partial charge >= 0.3 is 0 Å². The van der Waals surface area contributed by atoms with Crippen LogP contribution in [0.2, 0.25) is 0 Å². The minimum atomic E-state index is 0.244. The van der Waals surface area contributed by atoms with Crippen LogP contribution in [0.3, 0.4) is 0 Å². The summed E-state index contributed by atoms with van der Waals surface area (Å²) in [6.07, 6.45) is 3.37. The molecule has 0 bridgehead atoms. The Morgan fingerprint density at radius 2 is 2.31 bits per heavy atom. The van der Waals surface area contributed by atoms with Crippen LogP contribution in [0.15, 0.2) is 24.3 Å². The van der Waals surface area contributed by atoms with Gasteiger partial charge in [-0.25, -0.2) is 0 Å². The second kappa shape index (κ2) is 5.46. The van der Waals surface area contributed by atoms with E-state index in [0.29, 0.717) is 5.92 Å². The van der Waals surface area contributed by atoms with E-state index in [-0.39, 0.29) is 6.61 Å². The normalized spacial score (nSPS) is 22.2. The fourth-order valence-corrected chi connectivity index (χ4v) is 2.57. The zero-order valence-corrected chi connectivity index (χ0v) is 10.0. The van der Waals surface area contributed by atoms with E-state index in [1.54, 1.807) is 0 Å². The summed E-state index contributed by atoms with van der Waals surface area (Å²) in [7, 11) is 2.20. The van der Waals surface area contributed by atoms with Gasteiger partial charge in [0.25, 0.3) is 0 Å². The number of hydrogen-bond acceptors (Lipinski definition) is 2. The number of hydrogen-bond donors (Lipinski definition) is 1. The van der Waals surface area contributed by atoms with Crippen molar-refractivity contribution in [3.63, 3.8) is 0 Å². The number of aliphatic hydroxyl groups excluding tert-OH is 1. The Kier molecular flexibility index (Phi) is 3.97. The molecule has 2 heteroatoms. The van der Waals surface area contributed by atoms with Crippen molar-refractivity contribution < 1.29 is 5.11 Å². The van der Waals surface area contributed by atoms with Crippen LogP contribution in [0, 0.1) is 0 Å². The Labute approximate surface area is 97.9 Å². The first kappa shape index (κ1) is 11.6. The van der Waals surface area contributed by atoms with Crippen LogP contribution in [0.5, 0.6) is 0 Å². The number of nitrogens with zero attached hydrogens (tertiary/aromatic N) is 1. The van der Waals surface area contributed by atoms with Crippen LogP contribution in [0.1, 0.15) is 29.9 Å². The van der Waals surface area contributed by atoms with Gasteiger partial charge in [0, 0.05) is 13.2 Å². The van der Waals surface area contributed by atoms with Gasteiger partial charge in [0.05, 0.1) is 0 Å². The summed E-state index contributed by atoms with van der Waals surface area (Å²) >= 11 is 0. The van der Waals surface area contributed by atoms with Crippen LogP contribution in [0.25, 0.3) is 0 Å². The monoisotopic (exact) mass is 219 g/mol. The first-order valence-electron chi connectivity index (χ1n) is 6.18. The number of aliphatic hydroxyl groups is 1. The fourth-order valence-electron chi connectivity index (χ4n) is 2.57. The second-order valence-electron chi connectivity index (χ2n) is 4.82. The molecule has 0 spiro atoms. The van der Waals surface area contributed by atoms with E-state index < -0.39 is 0 Å². The lowest BCUT2D eigenvalue weighted by atomic mass is 9.89. The maximum absolute atomic E-state index is 8.95. The molecule has 16 heavy (non-hydrogen) atoms. The third-order valence-electron chi connectivity index (χ3n) is 3.45. The third kappa shape index (κ3) is 2.83. The van der Waals surface area contributed by atoms with Crippen LogP contribution < -0.4 is 0 Å². The van der Waals surface area contributed by atoms with Crippen molar-refractivity contribution in [1.82, 2.24) is 4.90 Å². The topological polar surface area (TPSA) is 23.5 Å². The van der Waals surface area contributed by atoms with E-state index in [0.717, 1.165) is 6.42 Å². The molecule has 88 valence electrons. The highest BCUT2D eigenvalue weighted by molar-refractivity contribution is 5.27. The van der Waals surface area contributed by atoms with Crippen LogP contribution in [0.4, 0.5) is 0 Å². The minimum Gasteiger partial charge on any atom is -0.396 e. The lowest BCUT2D eigenvalue weighted by molar-refractivity contribution is 0.250. The zero-order valence-electron chi connectivity index (χ0n) is 10.0. The molecular weight excluding hydrogens is 198 g/mol. The van der Waals surface area contributed by atoms with Gasteiger partial charge in [-0.05, 0) is 49.9 Å². The molecular formula is C14H21NO. The molecule has 0 saturated carbocycles. The maximum atomic E-state index is 8.95. The summed E-state index contributed by atoms with van der Waals surface area (Å²) < 4.78 is 0. The van der Waals surface area contributed by atoms with E-state index in [1.165, 1.54) is 37.1 Å². The highest BCUT2D eigenvalue weighted by Crippen LogP contribution is 2.26. The van der Waals surface area contributed by atoms with Gasteiger partial charge in [-0.2, -0.15) is 0 Å². The predicted octanol–water partition coefficient (Wildman–Crippen LogP) is 2.03. The van der Waals surface area contributed by atoms with Crippen molar-refractivity contribution in [1.29, 1.82) is 0 Å². The lowest BCUT2D eigenvalue weighted by Gasteiger charge is -2.30. The zero-order chi connectivity index (χ0) is 11.4. The van der Waals surface area contributed by atoms with E-state index in [9.17, 15) is 0 Å². The number of piperidine rings is 1. The molecule has 0 amide bonds. The third-order valence-corrected chi connectivity index (χ3v) is 3.45. The molecule has 0 radical (unpaired) electrons. The Hall–Kier alpha value is -0.860. The van der Waals surface area contributed by atoms with Gasteiger partial charge in [-0.15, -0.1) is 0 Å². The van der Waals surface area contributed by atoms with Crippen molar-refractivity contribution in [2.24, 2.45) is 0 Å². The predicted molar refractivity (Wildman–Crippen MR) is 66.7 cm³/mol.